The summed E-state index contributed by atoms with van der Waals surface area (Å²) in [5.41, 5.74) is -0.0302. The first kappa shape index (κ1) is 36.1. The molecule has 21 heteroatoms. The molecule has 3 N–H and O–H groups in total. The maximum atomic E-state index is 13.7. The zero-order valence-corrected chi connectivity index (χ0v) is 26.4. The number of sulfone groups is 2. The van der Waals surface area contributed by atoms with Crippen molar-refractivity contribution < 1.29 is 40.0 Å². The van der Waals surface area contributed by atoms with Crippen molar-refractivity contribution in [2.75, 3.05) is 6.54 Å². The second kappa shape index (κ2) is 14.3. The molecule has 3 aromatic rings. The van der Waals surface area contributed by atoms with Crippen LogP contribution < -0.4 is 11.3 Å². The van der Waals surface area contributed by atoms with Gasteiger partial charge in [0.2, 0.25) is 0 Å². The van der Waals surface area contributed by atoms with Crippen molar-refractivity contribution in [2.45, 2.75) is 51.4 Å². The fraction of sp³-hybridized carbons (Fsp3) is 0.280. The zero-order valence-electron chi connectivity index (χ0n) is 23.9. The largest absolute Gasteiger partial charge is 0.289 e. The average molecular weight is 701 g/mol. The van der Waals surface area contributed by atoms with E-state index in [1.165, 1.54) is 43.3 Å². The van der Waals surface area contributed by atoms with Crippen LogP contribution >= 0.6 is 0 Å². The Morgan fingerprint density at radius 3 is 1.52 bits per heavy atom. The molecule has 0 aliphatic rings. The van der Waals surface area contributed by atoms with Crippen molar-refractivity contribution in [2.24, 2.45) is 5.84 Å². The molecule has 2 atom stereocenters. The van der Waals surface area contributed by atoms with Gasteiger partial charge in [-0.25, -0.2) is 36.5 Å². The molecule has 0 aliphatic heterocycles. The molecule has 0 spiro atoms. The number of hydrogen-bond donors (Lipinski definition) is 2. The molecule has 3 aromatic carbocycles. The number of nitro groups is 3. The molecule has 0 bridgehead atoms. The van der Waals surface area contributed by atoms with E-state index in [1.54, 1.807) is 0 Å². The number of hydrogen-bond acceptors (Lipinski definition) is 14. The molecule has 0 saturated carbocycles. The molecule has 0 saturated heterocycles. The monoisotopic (exact) mass is 700 g/mol. The number of hydrazine groups is 2. The normalized spacial score (nSPS) is 13.6. The lowest BCUT2D eigenvalue weighted by Crippen LogP contribution is -2.51. The van der Waals surface area contributed by atoms with Crippen molar-refractivity contribution in [3.05, 3.63) is 103 Å². The van der Waals surface area contributed by atoms with Gasteiger partial charge in [-0.3, -0.25) is 30.3 Å². The molecule has 18 nitrogen and oxygen atoms in total. The molecule has 46 heavy (non-hydrogen) atoms. The van der Waals surface area contributed by atoms with Gasteiger partial charge in [-0.05, 0) is 38.0 Å². The Bertz CT molecular complexity index is 1970. The minimum absolute atomic E-state index is 0.0150. The first-order valence-corrected chi connectivity index (χ1v) is 17.7. The molecule has 0 amide bonds. The van der Waals surface area contributed by atoms with Crippen LogP contribution in [0.1, 0.15) is 26.2 Å². The first-order chi connectivity index (χ1) is 21.4. The molecule has 3 rings (SSSR count). The van der Waals surface area contributed by atoms with Gasteiger partial charge in [0.15, 0.2) is 24.6 Å². The van der Waals surface area contributed by atoms with Gasteiger partial charge in [-0.1, -0.05) is 47.3 Å². The second-order valence-corrected chi connectivity index (χ2v) is 16.1. The van der Waals surface area contributed by atoms with Gasteiger partial charge in [-0.2, -0.15) is 0 Å². The van der Waals surface area contributed by atoms with Crippen molar-refractivity contribution in [3.63, 3.8) is 0 Å². The molecule has 0 radical (unpaired) electrons. The fourth-order valence-corrected chi connectivity index (χ4v) is 9.02. The summed E-state index contributed by atoms with van der Waals surface area (Å²) in [6.07, 6.45) is -0.746. The van der Waals surface area contributed by atoms with Crippen molar-refractivity contribution in [1.29, 1.82) is 0 Å². The summed E-state index contributed by atoms with van der Waals surface area (Å²) in [6, 6.07) is 13.4. The molecular weight excluding hydrogens is 673 g/mol. The predicted molar refractivity (Wildman–Crippen MR) is 162 cm³/mol. The van der Waals surface area contributed by atoms with Crippen LogP contribution in [-0.2, 0) is 29.7 Å². The summed E-state index contributed by atoms with van der Waals surface area (Å²) < 4.78 is 79.8. The molecule has 248 valence electrons. The summed E-state index contributed by atoms with van der Waals surface area (Å²) in [7, 11) is -13.7. The Balaban J connectivity index is 1.91. The van der Waals surface area contributed by atoms with Crippen molar-refractivity contribution in [3.8, 4) is 0 Å². The lowest BCUT2D eigenvalue weighted by atomic mass is 10.1. The minimum atomic E-state index is -4.82. The van der Waals surface area contributed by atoms with E-state index in [-0.39, 0.29) is 23.8 Å². The number of nitro benzene ring substituents is 3. The van der Waals surface area contributed by atoms with Gasteiger partial charge in [0.25, 0.3) is 27.1 Å². The molecular formula is C25H28N6O12S3. The number of benzene rings is 3. The van der Waals surface area contributed by atoms with E-state index in [9.17, 15) is 55.6 Å². The van der Waals surface area contributed by atoms with Gasteiger partial charge in [0.1, 0.15) is 9.79 Å². The molecule has 0 heterocycles. The second-order valence-electron chi connectivity index (χ2n) is 9.79. The van der Waals surface area contributed by atoms with Crippen LogP contribution in [0.15, 0.2) is 87.5 Å². The van der Waals surface area contributed by atoms with Crippen LogP contribution in [0, 0.1) is 30.3 Å². The zero-order chi connectivity index (χ0) is 34.4. The summed E-state index contributed by atoms with van der Waals surface area (Å²) in [4.78, 5) is 29.6. The van der Waals surface area contributed by atoms with Crippen molar-refractivity contribution in [1.82, 2.24) is 9.95 Å². The van der Waals surface area contributed by atoms with E-state index in [2.05, 4.69) is 5.43 Å². The highest BCUT2D eigenvalue weighted by atomic mass is 32.2. The Morgan fingerprint density at radius 1 is 0.674 bits per heavy atom. The van der Waals surface area contributed by atoms with Crippen LogP contribution in [-0.4, -0.2) is 61.6 Å². The Kier molecular flexibility index (Phi) is 11.2. The summed E-state index contributed by atoms with van der Waals surface area (Å²) in [6.45, 7) is 0.493. The predicted octanol–water partition coefficient (Wildman–Crippen LogP) is 2.66. The number of nitrogens with zero attached hydrogens (tertiary/aromatic N) is 4. The number of sulfonamides is 1. The van der Waals surface area contributed by atoms with Gasteiger partial charge < -0.3 is 0 Å². The summed E-state index contributed by atoms with van der Waals surface area (Å²) in [5, 5.41) is 31.5. The van der Waals surface area contributed by atoms with Gasteiger partial charge in [-0.15, -0.1) is 0 Å². The standard InChI is InChI=1S/C25H28N6O12S3/c1-18(44(38,39)23-14-5-2-11-20(23)28(32)33)9-8-10-19(45(40,41)24-15-6-3-12-21(24)29(34)35)17-27-31(26)46(42,43)25-16-7-4-13-22(25)30(36)37/h2-7,11-16,18-19,27H,8-10,17,26H2,1H3. The lowest BCUT2D eigenvalue weighted by molar-refractivity contribution is -0.388. The molecule has 0 aliphatic carbocycles. The van der Waals surface area contributed by atoms with Crippen LogP contribution in [0.5, 0.6) is 0 Å². The maximum absolute atomic E-state index is 13.7. The Morgan fingerprint density at radius 2 is 1.07 bits per heavy atom. The Labute approximate surface area is 263 Å². The summed E-state index contributed by atoms with van der Waals surface area (Å²) >= 11 is 0. The SMILES string of the molecule is CC(CCCC(CNN(N)S(=O)(=O)c1ccccc1[N+](=O)[O-])S(=O)(=O)c1ccccc1[N+](=O)[O-])S(=O)(=O)c1ccccc1[N+](=O)[O-]. The third-order valence-corrected chi connectivity index (χ3v) is 13.0. The number of rotatable bonds is 16. The molecule has 0 fully saturated rings. The highest BCUT2D eigenvalue weighted by Gasteiger charge is 2.36. The summed E-state index contributed by atoms with van der Waals surface area (Å²) in [5.74, 6) is 5.67. The lowest BCUT2D eigenvalue weighted by Gasteiger charge is -2.23. The average Bonchev–Trinajstić information content (AvgIpc) is 3.01. The fourth-order valence-electron chi connectivity index (χ4n) is 4.46. The first-order valence-electron chi connectivity index (χ1n) is 13.2. The van der Waals surface area contributed by atoms with Crippen LogP contribution in [0.2, 0.25) is 0 Å². The van der Waals surface area contributed by atoms with Crippen LogP contribution in [0.4, 0.5) is 17.1 Å². The Hall–Kier alpha value is -4.41. The smallest absolute Gasteiger partial charge is 0.258 e. The van der Waals surface area contributed by atoms with Crippen LogP contribution in [0.3, 0.4) is 0 Å². The highest BCUT2D eigenvalue weighted by Crippen LogP contribution is 2.31. The number of nitrogens with two attached hydrogens (primary N) is 1. The quantitative estimate of drug-likeness (QED) is 0.123. The molecule has 2 unspecified atom stereocenters. The number of nitrogens with one attached hydrogen (secondary N) is 1. The van der Waals surface area contributed by atoms with E-state index in [4.69, 9.17) is 5.84 Å². The van der Waals surface area contributed by atoms with Gasteiger partial charge >= 0.3 is 0 Å². The van der Waals surface area contributed by atoms with Crippen LogP contribution in [0.25, 0.3) is 0 Å². The topological polar surface area (TPSA) is 273 Å². The van der Waals surface area contributed by atoms with E-state index in [1.807, 2.05) is 0 Å². The highest BCUT2D eigenvalue weighted by molar-refractivity contribution is 7.92. The van der Waals surface area contributed by atoms with Gasteiger partial charge in [0.05, 0.1) is 25.3 Å². The van der Waals surface area contributed by atoms with E-state index in [0.717, 1.165) is 36.4 Å². The third kappa shape index (κ3) is 7.68. The van der Waals surface area contributed by atoms with E-state index in [0.29, 0.717) is 0 Å². The van der Waals surface area contributed by atoms with Crippen molar-refractivity contribution >= 4 is 46.8 Å². The van der Waals surface area contributed by atoms with Gasteiger partial charge in [0, 0.05) is 24.7 Å². The minimum Gasteiger partial charge on any atom is -0.258 e. The third-order valence-electron chi connectivity index (χ3n) is 6.92. The maximum Gasteiger partial charge on any atom is 0.289 e. The number of para-hydroxylation sites is 3. The van der Waals surface area contributed by atoms with E-state index >= 15 is 0 Å². The molecule has 0 aromatic heterocycles. The van der Waals surface area contributed by atoms with E-state index < -0.39 is 93.3 Å².